The van der Waals surface area contributed by atoms with Crippen LogP contribution in [0, 0.1) is 69.0 Å². The van der Waals surface area contributed by atoms with Gasteiger partial charge in [-0.1, -0.05) is 119 Å². The molecule has 0 radical (unpaired) electrons. The summed E-state index contributed by atoms with van der Waals surface area (Å²) in [5.74, 6) is 5.67. The maximum absolute atomic E-state index is 2.75. The highest BCUT2D eigenvalue weighted by Gasteiger charge is 2.58. The summed E-state index contributed by atoms with van der Waals surface area (Å²) in [6.45, 7) is 34.5. The van der Waals surface area contributed by atoms with E-state index in [1.165, 1.54) is 24.0 Å². The molecule has 0 amide bonds. The first-order chi connectivity index (χ1) is 16.2. The van der Waals surface area contributed by atoms with Crippen molar-refractivity contribution in [2.24, 2.45) is 69.0 Å². The van der Waals surface area contributed by atoms with Gasteiger partial charge in [0.2, 0.25) is 0 Å². The van der Waals surface area contributed by atoms with Gasteiger partial charge >= 0.3 is 0 Å². The Kier molecular flexibility index (Phi) is 6.80. The van der Waals surface area contributed by atoms with Gasteiger partial charge in [0.05, 0.1) is 0 Å². The fourth-order valence-corrected chi connectivity index (χ4v) is 9.44. The van der Waals surface area contributed by atoms with Crippen molar-refractivity contribution in [3.8, 4) is 0 Å². The molecular weight excluding hydrogens is 432 g/mol. The molecule has 7 unspecified atom stereocenters. The standard InChI is InChI=1S/C36H58/c1-21-15-24(33(4,5)6)18-31(21)36(13,14)32-27-16-22(2)29(34(7,8)9)19-25(27)26-20-30(35(10,11)12)23(3)17-28(26)32/h16-17,19-21,24-28,31-32H,15,18H2,1-14H3. The average molecular weight is 491 g/mol. The summed E-state index contributed by atoms with van der Waals surface area (Å²) in [6.07, 6.45) is 13.8. The van der Waals surface area contributed by atoms with Crippen LogP contribution in [0.15, 0.2) is 46.6 Å². The van der Waals surface area contributed by atoms with Gasteiger partial charge in [-0.2, -0.15) is 0 Å². The minimum Gasteiger partial charge on any atom is -0.0773 e. The molecule has 4 aliphatic rings. The van der Waals surface area contributed by atoms with Crippen molar-refractivity contribution in [1.82, 2.24) is 0 Å². The largest absolute Gasteiger partial charge is 0.0773 e. The molecule has 0 bridgehead atoms. The van der Waals surface area contributed by atoms with Gasteiger partial charge in [-0.3, -0.25) is 0 Å². The van der Waals surface area contributed by atoms with Crippen molar-refractivity contribution in [2.75, 3.05) is 0 Å². The van der Waals surface area contributed by atoms with E-state index in [9.17, 15) is 0 Å². The molecule has 0 saturated heterocycles. The second-order valence-corrected chi connectivity index (χ2v) is 17.1. The average Bonchev–Trinajstić information content (AvgIpc) is 3.23. The number of hydrogen-bond acceptors (Lipinski definition) is 0. The summed E-state index contributed by atoms with van der Waals surface area (Å²) in [5.41, 5.74) is 7.37. The molecule has 2 fully saturated rings. The van der Waals surface area contributed by atoms with E-state index in [-0.39, 0.29) is 10.8 Å². The lowest BCUT2D eigenvalue weighted by atomic mass is 9.58. The molecule has 0 aromatic carbocycles. The number of allylic oxidation sites excluding steroid dienone is 8. The van der Waals surface area contributed by atoms with Crippen LogP contribution in [0.4, 0.5) is 0 Å². The highest BCUT2D eigenvalue weighted by atomic mass is 14.6. The third kappa shape index (κ3) is 4.66. The topological polar surface area (TPSA) is 0 Å². The molecule has 0 aromatic heterocycles. The van der Waals surface area contributed by atoms with E-state index in [4.69, 9.17) is 0 Å². The Morgan fingerprint density at radius 2 is 1.00 bits per heavy atom. The molecule has 36 heavy (non-hydrogen) atoms. The van der Waals surface area contributed by atoms with Gasteiger partial charge in [0.1, 0.15) is 0 Å². The third-order valence-corrected chi connectivity index (χ3v) is 11.2. The molecule has 0 aromatic rings. The van der Waals surface area contributed by atoms with Crippen LogP contribution in [0.25, 0.3) is 0 Å². The van der Waals surface area contributed by atoms with Gasteiger partial charge in [-0.25, -0.2) is 0 Å². The van der Waals surface area contributed by atoms with Crippen LogP contribution in [0.2, 0.25) is 0 Å². The van der Waals surface area contributed by atoms with Crippen molar-refractivity contribution in [1.29, 1.82) is 0 Å². The first kappa shape index (κ1) is 28.0. The zero-order valence-corrected chi connectivity index (χ0v) is 26.3. The molecule has 7 atom stereocenters. The number of hydrogen-bond donors (Lipinski definition) is 0. The van der Waals surface area contributed by atoms with Crippen LogP contribution in [0.1, 0.15) is 110 Å². The van der Waals surface area contributed by atoms with Gasteiger partial charge in [0.25, 0.3) is 0 Å². The SMILES string of the molecule is CC1=CC2C(C=C1C(C)(C)C)C1C=C(C(C)(C)C)C(C)=CC1C2C(C)(C)C1CC(C(C)(C)C)CC1C. The van der Waals surface area contributed by atoms with Gasteiger partial charge < -0.3 is 0 Å². The van der Waals surface area contributed by atoms with Crippen molar-refractivity contribution >= 4 is 0 Å². The second kappa shape index (κ2) is 8.74. The Bertz CT molecular complexity index is 928. The highest BCUT2D eigenvalue weighted by Crippen LogP contribution is 2.65. The maximum atomic E-state index is 2.75. The molecule has 202 valence electrons. The van der Waals surface area contributed by atoms with Crippen molar-refractivity contribution in [3.63, 3.8) is 0 Å². The summed E-state index contributed by atoms with van der Waals surface area (Å²) in [5, 5.41) is 0. The normalized spacial score (nSPS) is 37.6. The molecule has 4 rings (SSSR count). The molecule has 0 heteroatoms. The van der Waals surface area contributed by atoms with E-state index >= 15 is 0 Å². The predicted octanol–water partition coefficient (Wildman–Crippen LogP) is 10.7. The lowest BCUT2D eigenvalue weighted by molar-refractivity contribution is 0.0492. The molecular formula is C36H58. The van der Waals surface area contributed by atoms with Crippen LogP contribution in [0.5, 0.6) is 0 Å². The first-order valence-electron chi connectivity index (χ1n) is 15.1. The van der Waals surface area contributed by atoms with Crippen LogP contribution in [-0.4, -0.2) is 0 Å². The summed E-state index contributed by atoms with van der Waals surface area (Å²) in [7, 11) is 0. The number of fused-ring (bicyclic) bond motifs is 3. The van der Waals surface area contributed by atoms with E-state index in [2.05, 4.69) is 121 Å². The lowest BCUT2D eigenvalue weighted by Gasteiger charge is -2.46. The van der Waals surface area contributed by atoms with Crippen LogP contribution >= 0.6 is 0 Å². The molecule has 0 heterocycles. The Morgan fingerprint density at radius 1 is 0.583 bits per heavy atom. The molecule has 0 N–H and O–H groups in total. The quantitative estimate of drug-likeness (QED) is 0.361. The molecule has 2 saturated carbocycles. The predicted molar refractivity (Wildman–Crippen MR) is 159 cm³/mol. The second-order valence-electron chi connectivity index (χ2n) is 17.1. The maximum Gasteiger partial charge on any atom is -0.00922 e. The smallest absolute Gasteiger partial charge is 0.00922 e. The zero-order chi connectivity index (χ0) is 27.2. The van der Waals surface area contributed by atoms with Gasteiger partial charge in [0, 0.05) is 0 Å². The van der Waals surface area contributed by atoms with Gasteiger partial charge in [0.15, 0.2) is 0 Å². The highest BCUT2D eigenvalue weighted by molar-refractivity contribution is 5.45. The van der Waals surface area contributed by atoms with E-state index in [0.717, 1.165) is 17.8 Å². The van der Waals surface area contributed by atoms with E-state index < -0.39 is 0 Å². The molecule has 0 nitrogen and oxygen atoms in total. The molecule has 4 aliphatic carbocycles. The van der Waals surface area contributed by atoms with Crippen molar-refractivity contribution < 1.29 is 0 Å². The molecule has 0 spiro atoms. The minimum atomic E-state index is 0.200. The fourth-order valence-electron chi connectivity index (χ4n) is 9.44. The fraction of sp³-hybridized carbons (Fsp3) is 0.778. The van der Waals surface area contributed by atoms with Gasteiger partial charge in [-0.15, -0.1) is 0 Å². The summed E-state index contributed by atoms with van der Waals surface area (Å²) >= 11 is 0. The minimum absolute atomic E-state index is 0.200. The van der Waals surface area contributed by atoms with Crippen molar-refractivity contribution in [2.45, 2.75) is 110 Å². The summed E-state index contributed by atoms with van der Waals surface area (Å²) < 4.78 is 0. The Morgan fingerprint density at radius 3 is 1.33 bits per heavy atom. The molecule has 0 aliphatic heterocycles. The lowest BCUT2D eigenvalue weighted by Crippen LogP contribution is -2.40. The van der Waals surface area contributed by atoms with E-state index in [1.807, 2.05) is 0 Å². The van der Waals surface area contributed by atoms with Gasteiger partial charge in [-0.05, 0) is 107 Å². The van der Waals surface area contributed by atoms with Crippen molar-refractivity contribution in [3.05, 3.63) is 46.6 Å². The van der Waals surface area contributed by atoms with E-state index in [0.29, 0.717) is 40.4 Å². The summed E-state index contributed by atoms with van der Waals surface area (Å²) in [6, 6.07) is 0. The van der Waals surface area contributed by atoms with Crippen LogP contribution in [0.3, 0.4) is 0 Å². The zero-order valence-electron chi connectivity index (χ0n) is 26.3. The Labute approximate surface area is 225 Å². The Balaban J connectivity index is 1.82. The van der Waals surface area contributed by atoms with E-state index in [1.54, 1.807) is 11.1 Å². The first-order valence-corrected chi connectivity index (χ1v) is 15.1. The third-order valence-electron chi connectivity index (χ3n) is 11.2. The van der Waals surface area contributed by atoms with Crippen LogP contribution < -0.4 is 0 Å². The monoisotopic (exact) mass is 490 g/mol. The van der Waals surface area contributed by atoms with Crippen LogP contribution in [-0.2, 0) is 0 Å². The summed E-state index contributed by atoms with van der Waals surface area (Å²) in [4.78, 5) is 0. The number of rotatable bonds is 2. The Hall–Kier alpha value is -1.04.